The van der Waals surface area contributed by atoms with Crippen LogP contribution < -0.4 is 4.74 Å². The summed E-state index contributed by atoms with van der Waals surface area (Å²) in [6, 6.07) is 8.51. The van der Waals surface area contributed by atoms with Gasteiger partial charge in [-0.15, -0.1) is 27.7 Å². The number of nitrogens with zero attached hydrogens (tertiary/aromatic N) is 7. The number of rotatable bonds is 4. The van der Waals surface area contributed by atoms with E-state index in [2.05, 4.69) is 49.5 Å². The molecule has 0 radical (unpaired) electrons. The van der Waals surface area contributed by atoms with Gasteiger partial charge >= 0.3 is 0 Å². The Morgan fingerprint density at radius 3 is 2.57 bits per heavy atom. The smallest absolute Gasteiger partial charge is 0.291 e. The lowest BCUT2D eigenvalue weighted by Gasteiger charge is -2.26. The van der Waals surface area contributed by atoms with Gasteiger partial charge < -0.3 is 9.64 Å². The van der Waals surface area contributed by atoms with Gasteiger partial charge in [-0.25, -0.2) is 0 Å². The average molecular weight is 431 g/mol. The van der Waals surface area contributed by atoms with E-state index < -0.39 is 0 Å². The summed E-state index contributed by atoms with van der Waals surface area (Å²) < 4.78 is 6.84. The molecular weight excluding hydrogens is 408 g/mol. The second-order valence-electron chi connectivity index (χ2n) is 7.64. The Hall–Kier alpha value is -2.98. The number of carbonyl (C=O) groups excluding carboxylic acids is 1. The molecule has 10 nitrogen and oxygen atoms in total. The van der Waals surface area contributed by atoms with E-state index >= 15 is 0 Å². The van der Waals surface area contributed by atoms with Crippen LogP contribution in [-0.4, -0.2) is 79.4 Å². The maximum absolute atomic E-state index is 13.0. The fourth-order valence-electron chi connectivity index (χ4n) is 4.64. The van der Waals surface area contributed by atoms with Gasteiger partial charge in [0, 0.05) is 31.6 Å². The summed E-state index contributed by atoms with van der Waals surface area (Å²) in [6.45, 7) is 2.39. The van der Waals surface area contributed by atoms with Gasteiger partial charge in [0.2, 0.25) is 5.82 Å². The molecule has 0 spiro atoms. The van der Waals surface area contributed by atoms with E-state index in [1.54, 1.807) is 11.7 Å². The normalized spacial score (nSPS) is 23.3. The van der Waals surface area contributed by atoms with Gasteiger partial charge in [0.05, 0.1) is 7.11 Å². The lowest BCUT2D eigenvalue weighted by molar-refractivity contribution is 0.0756. The van der Waals surface area contributed by atoms with Crippen LogP contribution >= 0.6 is 12.4 Å². The van der Waals surface area contributed by atoms with Crippen molar-refractivity contribution >= 4 is 18.3 Å². The highest BCUT2D eigenvalue weighted by molar-refractivity contribution is 5.90. The number of benzene rings is 1. The lowest BCUT2D eigenvalue weighted by Crippen LogP contribution is -2.34. The molecule has 2 aliphatic rings. The van der Waals surface area contributed by atoms with Crippen molar-refractivity contribution < 1.29 is 9.53 Å². The summed E-state index contributed by atoms with van der Waals surface area (Å²) in [7, 11) is 3.83. The highest BCUT2D eigenvalue weighted by atomic mass is 35.5. The number of hydrogen-bond donors (Lipinski definition) is 1. The topological polar surface area (TPSA) is 105 Å². The average Bonchev–Trinajstić information content (AvgIpc) is 3.50. The van der Waals surface area contributed by atoms with Gasteiger partial charge in [0.1, 0.15) is 18.4 Å². The number of methoxy groups -OCH3 is 1. The number of halogens is 1. The van der Waals surface area contributed by atoms with Gasteiger partial charge in [-0.2, -0.15) is 4.98 Å². The van der Waals surface area contributed by atoms with E-state index in [0.717, 1.165) is 18.8 Å². The van der Waals surface area contributed by atoms with Crippen molar-refractivity contribution in [3.8, 4) is 11.7 Å². The first-order valence-corrected chi connectivity index (χ1v) is 9.55. The number of aromatic amines is 1. The highest BCUT2D eigenvalue weighted by Crippen LogP contribution is 2.44. The number of aromatic nitrogens is 6. The van der Waals surface area contributed by atoms with Crippen LogP contribution in [-0.2, 0) is 0 Å². The Morgan fingerprint density at radius 2 is 1.87 bits per heavy atom. The molecule has 158 valence electrons. The Morgan fingerprint density at radius 1 is 1.13 bits per heavy atom. The third-order valence-electron chi connectivity index (χ3n) is 5.96. The Kier molecular flexibility index (Phi) is 5.44. The lowest BCUT2D eigenvalue weighted by atomic mass is 9.89. The van der Waals surface area contributed by atoms with Crippen molar-refractivity contribution in [1.29, 1.82) is 0 Å². The molecule has 11 heteroatoms. The molecule has 2 saturated heterocycles. The van der Waals surface area contributed by atoms with E-state index in [1.807, 2.05) is 17.0 Å². The molecule has 0 bridgehead atoms. The number of hydrogen-bond acceptors (Lipinski definition) is 7. The van der Waals surface area contributed by atoms with Crippen LogP contribution in [0.5, 0.6) is 5.75 Å². The molecule has 2 aromatic heterocycles. The summed E-state index contributed by atoms with van der Waals surface area (Å²) in [6.07, 6.45) is 2.99. The van der Waals surface area contributed by atoms with Crippen molar-refractivity contribution in [1.82, 2.24) is 39.7 Å². The summed E-state index contributed by atoms with van der Waals surface area (Å²) in [5.41, 5.74) is 1.25. The minimum atomic E-state index is -0.123. The Bertz CT molecular complexity index is 1010. The second-order valence-corrected chi connectivity index (χ2v) is 7.64. The molecule has 0 saturated carbocycles. The summed E-state index contributed by atoms with van der Waals surface area (Å²) in [4.78, 5) is 21.6. The third kappa shape index (κ3) is 3.41. The number of nitrogens with one attached hydrogen (secondary N) is 1. The molecule has 2 aliphatic heterocycles. The number of likely N-dealkylation sites (tertiary alicyclic amines) is 2. The largest absolute Gasteiger partial charge is 0.497 e. The first-order valence-electron chi connectivity index (χ1n) is 9.55. The molecular formula is C19H23ClN8O2. The Balaban J connectivity index is 0.00000218. The van der Waals surface area contributed by atoms with Gasteiger partial charge in [-0.1, -0.05) is 12.1 Å². The second kappa shape index (κ2) is 8.04. The third-order valence-corrected chi connectivity index (χ3v) is 5.96. The fourth-order valence-corrected chi connectivity index (χ4v) is 4.64. The predicted octanol–water partition coefficient (Wildman–Crippen LogP) is 1.19. The van der Waals surface area contributed by atoms with Crippen LogP contribution in [0, 0.1) is 11.8 Å². The minimum absolute atomic E-state index is 0. The Labute approximate surface area is 179 Å². The van der Waals surface area contributed by atoms with Crippen LogP contribution in [0.1, 0.15) is 22.2 Å². The number of ether oxygens (including phenoxy) is 1. The van der Waals surface area contributed by atoms with Crippen molar-refractivity contribution in [3.05, 3.63) is 48.3 Å². The minimum Gasteiger partial charge on any atom is -0.497 e. The van der Waals surface area contributed by atoms with Crippen LogP contribution in [0.15, 0.2) is 36.9 Å². The van der Waals surface area contributed by atoms with Crippen LogP contribution in [0.4, 0.5) is 0 Å². The van der Waals surface area contributed by atoms with E-state index in [-0.39, 0.29) is 30.2 Å². The number of fused-ring (bicyclic) bond motifs is 1. The molecule has 30 heavy (non-hydrogen) atoms. The summed E-state index contributed by atoms with van der Waals surface area (Å²) >= 11 is 0. The molecule has 0 aliphatic carbocycles. The van der Waals surface area contributed by atoms with Crippen molar-refractivity contribution in [2.45, 2.75) is 6.04 Å². The van der Waals surface area contributed by atoms with Crippen LogP contribution in [0.2, 0.25) is 0 Å². The van der Waals surface area contributed by atoms with E-state index in [1.165, 1.54) is 18.2 Å². The van der Waals surface area contributed by atoms with E-state index in [0.29, 0.717) is 24.3 Å². The van der Waals surface area contributed by atoms with Crippen LogP contribution in [0.25, 0.3) is 5.95 Å². The predicted molar refractivity (Wildman–Crippen MR) is 110 cm³/mol. The van der Waals surface area contributed by atoms with Crippen molar-refractivity contribution in [2.75, 3.05) is 33.8 Å². The van der Waals surface area contributed by atoms with Gasteiger partial charge in [-0.05, 0) is 30.7 Å². The van der Waals surface area contributed by atoms with Crippen molar-refractivity contribution in [3.63, 3.8) is 0 Å². The first kappa shape index (κ1) is 20.3. The number of H-pyrrole nitrogens is 1. The molecule has 1 amide bonds. The molecule has 3 atom stereocenters. The molecule has 1 aromatic carbocycles. The standard InChI is InChI=1S/C19H22N8O2.ClH/c1-25-7-13-8-26(9-15(13)16(25)12-3-5-14(29-2)6-4-12)18(28)17-22-19(24-23-17)27-10-20-21-11-27;/h3-6,10-11,13,15-16H,7-9H2,1-2H3,(H,22,23,24);1H/t13-,15+,16+;/m0./s1. The SMILES string of the molecule is COc1ccc([C@@H]2[C@@H]3CN(C(=O)c4nc(-n5cnnc5)n[nH]4)C[C@@H]3CN2C)cc1.Cl. The molecule has 5 rings (SSSR count). The zero-order valence-corrected chi connectivity index (χ0v) is 17.5. The van der Waals surface area contributed by atoms with Gasteiger partial charge in [0.25, 0.3) is 11.9 Å². The fraction of sp³-hybridized carbons (Fsp3) is 0.421. The monoisotopic (exact) mass is 430 g/mol. The van der Waals surface area contributed by atoms with E-state index in [4.69, 9.17) is 4.74 Å². The van der Waals surface area contributed by atoms with Crippen LogP contribution in [0.3, 0.4) is 0 Å². The quantitative estimate of drug-likeness (QED) is 0.662. The van der Waals surface area contributed by atoms with Gasteiger partial charge in [0.15, 0.2) is 0 Å². The maximum Gasteiger partial charge on any atom is 0.291 e. The summed E-state index contributed by atoms with van der Waals surface area (Å²) in [5, 5.41) is 14.3. The first-order chi connectivity index (χ1) is 14.1. The van der Waals surface area contributed by atoms with Gasteiger partial charge in [-0.3, -0.25) is 19.4 Å². The molecule has 3 aromatic rings. The molecule has 4 heterocycles. The van der Waals surface area contributed by atoms with Crippen molar-refractivity contribution in [2.24, 2.45) is 11.8 Å². The maximum atomic E-state index is 13.0. The highest BCUT2D eigenvalue weighted by Gasteiger charge is 2.47. The zero-order chi connectivity index (χ0) is 20.0. The number of carbonyl (C=O) groups is 1. The molecule has 0 unspecified atom stereocenters. The molecule has 2 fully saturated rings. The zero-order valence-electron chi connectivity index (χ0n) is 16.7. The number of amides is 1. The summed E-state index contributed by atoms with van der Waals surface area (Å²) in [5.74, 6) is 2.15. The van der Waals surface area contributed by atoms with E-state index in [9.17, 15) is 4.79 Å². The molecule has 1 N–H and O–H groups in total.